The summed E-state index contributed by atoms with van der Waals surface area (Å²) in [7, 11) is 1.80. The van der Waals surface area contributed by atoms with Crippen molar-refractivity contribution in [3.8, 4) is 0 Å². The van der Waals surface area contributed by atoms with E-state index in [-0.39, 0.29) is 5.41 Å². The molecule has 0 atom stereocenters. The Bertz CT molecular complexity index is 800. The fourth-order valence-corrected chi connectivity index (χ4v) is 3.55. The van der Waals surface area contributed by atoms with Gasteiger partial charge in [-0.3, -0.25) is 4.99 Å². The predicted octanol–water partition coefficient (Wildman–Crippen LogP) is 3.31. The first-order valence-electron chi connectivity index (χ1n) is 8.50. The van der Waals surface area contributed by atoms with Crippen LogP contribution in [0.1, 0.15) is 24.5 Å². The molecule has 132 valence electrons. The molecule has 0 saturated carbocycles. The Balaban J connectivity index is 1.49. The molecule has 2 heterocycles. The second kappa shape index (κ2) is 7.70. The number of nitrogens with zero attached hydrogens (tertiary/aromatic N) is 2. The zero-order chi connectivity index (χ0) is 17.7. The van der Waals surface area contributed by atoms with E-state index >= 15 is 0 Å². The lowest BCUT2D eigenvalue weighted by atomic mass is 9.91. The molecule has 0 amide bonds. The number of hydrogen-bond donors (Lipinski definition) is 3. The maximum absolute atomic E-state index is 4.60. The summed E-state index contributed by atoms with van der Waals surface area (Å²) in [4.78, 5) is 13.6. The summed E-state index contributed by atoms with van der Waals surface area (Å²) in [5, 5.41) is 8.91. The SMILES string of the molecule is CN=C(NCCc1nc2ccccc2[nH]1)NCC(C)(C)c1cccs1. The summed E-state index contributed by atoms with van der Waals surface area (Å²) in [5.74, 6) is 1.81. The number of aromatic nitrogens is 2. The van der Waals surface area contributed by atoms with E-state index in [9.17, 15) is 0 Å². The van der Waals surface area contributed by atoms with Crippen LogP contribution in [0, 0.1) is 0 Å². The molecule has 0 saturated heterocycles. The number of aliphatic imine (C=N–C) groups is 1. The number of H-pyrrole nitrogens is 1. The lowest BCUT2D eigenvalue weighted by Gasteiger charge is -2.25. The molecule has 6 heteroatoms. The van der Waals surface area contributed by atoms with Gasteiger partial charge >= 0.3 is 0 Å². The van der Waals surface area contributed by atoms with Gasteiger partial charge in [-0.25, -0.2) is 4.98 Å². The lowest BCUT2D eigenvalue weighted by Crippen LogP contribution is -2.43. The van der Waals surface area contributed by atoms with Gasteiger partial charge in [-0.1, -0.05) is 32.0 Å². The molecule has 3 rings (SSSR count). The average molecular weight is 356 g/mol. The van der Waals surface area contributed by atoms with Gasteiger partial charge in [0.2, 0.25) is 0 Å². The second-order valence-electron chi connectivity index (χ2n) is 6.66. The van der Waals surface area contributed by atoms with Crippen molar-refractivity contribution in [1.29, 1.82) is 0 Å². The highest BCUT2D eigenvalue weighted by atomic mass is 32.1. The van der Waals surface area contributed by atoms with Crippen molar-refractivity contribution in [1.82, 2.24) is 20.6 Å². The molecular weight excluding hydrogens is 330 g/mol. The van der Waals surface area contributed by atoms with Gasteiger partial charge in [0.15, 0.2) is 5.96 Å². The van der Waals surface area contributed by atoms with E-state index in [0.717, 1.165) is 42.3 Å². The average Bonchev–Trinajstić information content (AvgIpc) is 3.27. The van der Waals surface area contributed by atoms with Crippen LogP contribution in [0.3, 0.4) is 0 Å². The molecule has 3 N–H and O–H groups in total. The first-order valence-corrected chi connectivity index (χ1v) is 9.38. The highest BCUT2D eigenvalue weighted by Gasteiger charge is 2.21. The van der Waals surface area contributed by atoms with Crippen molar-refractivity contribution >= 4 is 28.3 Å². The summed E-state index contributed by atoms with van der Waals surface area (Å²) in [5.41, 5.74) is 2.17. The van der Waals surface area contributed by atoms with Gasteiger partial charge in [0.25, 0.3) is 0 Å². The number of fused-ring (bicyclic) bond motifs is 1. The van der Waals surface area contributed by atoms with Crippen molar-refractivity contribution < 1.29 is 0 Å². The number of rotatable bonds is 6. The van der Waals surface area contributed by atoms with Crippen molar-refractivity contribution in [2.45, 2.75) is 25.7 Å². The smallest absolute Gasteiger partial charge is 0.191 e. The number of guanidine groups is 1. The highest BCUT2D eigenvalue weighted by Crippen LogP contribution is 2.26. The van der Waals surface area contributed by atoms with Crippen LogP contribution in [0.25, 0.3) is 11.0 Å². The van der Waals surface area contributed by atoms with Gasteiger partial charge in [-0.15, -0.1) is 11.3 Å². The van der Waals surface area contributed by atoms with Crippen molar-refractivity contribution in [3.05, 3.63) is 52.5 Å². The van der Waals surface area contributed by atoms with Crippen LogP contribution in [0.4, 0.5) is 0 Å². The Morgan fingerprint density at radius 1 is 1.20 bits per heavy atom. The minimum absolute atomic E-state index is 0.0739. The maximum atomic E-state index is 4.60. The molecule has 0 fully saturated rings. The molecular formula is C19H25N5S. The number of hydrogen-bond acceptors (Lipinski definition) is 3. The van der Waals surface area contributed by atoms with Crippen LogP contribution in [-0.2, 0) is 11.8 Å². The maximum Gasteiger partial charge on any atom is 0.191 e. The molecule has 0 unspecified atom stereocenters. The Morgan fingerprint density at radius 2 is 2.04 bits per heavy atom. The topological polar surface area (TPSA) is 65.1 Å². The quantitative estimate of drug-likeness (QED) is 0.469. The third-order valence-electron chi connectivity index (χ3n) is 4.20. The van der Waals surface area contributed by atoms with Crippen molar-refractivity contribution in [3.63, 3.8) is 0 Å². The fourth-order valence-electron chi connectivity index (χ4n) is 2.70. The molecule has 0 bridgehead atoms. The molecule has 0 aliphatic rings. The van der Waals surface area contributed by atoms with Gasteiger partial charge in [-0.2, -0.15) is 0 Å². The normalized spacial score (nSPS) is 12.5. The standard InChI is InChI=1S/C19H25N5S/c1-19(2,16-9-6-12-25-16)13-22-18(20-3)21-11-10-17-23-14-7-4-5-8-15(14)24-17/h4-9,12H,10-11,13H2,1-3H3,(H,23,24)(H2,20,21,22). The van der Waals surface area contributed by atoms with Gasteiger partial charge in [0, 0.05) is 36.9 Å². The summed E-state index contributed by atoms with van der Waals surface area (Å²) in [6, 6.07) is 12.4. The highest BCUT2D eigenvalue weighted by molar-refractivity contribution is 7.10. The van der Waals surface area contributed by atoms with Crippen LogP contribution in [-0.4, -0.2) is 36.1 Å². The fraction of sp³-hybridized carbons (Fsp3) is 0.368. The van der Waals surface area contributed by atoms with Gasteiger partial charge < -0.3 is 15.6 Å². The first-order chi connectivity index (χ1) is 12.1. The summed E-state index contributed by atoms with van der Waals surface area (Å²) < 4.78 is 0. The van der Waals surface area contributed by atoms with Gasteiger partial charge in [0.05, 0.1) is 11.0 Å². The molecule has 5 nitrogen and oxygen atoms in total. The monoisotopic (exact) mass is 355 g/mol. The Morgan fingerprint density at radius 3 is 2.76 bits per heavy atom. The summed E-state index contributed by atoms with van der Waals surface area (Å²) in [6.07, 6.45) is 0.823. The minimum Gasteiger partial charge on any atom is -0.356 e. The van der Waals surface area contributed by atoms with E-state index in [1.807, 2.05) is 24.3 Å². The molecule has 0 radical (unpaired) electrons. The van der Waals surface area contributed by atoms with Crippen molar-refractivity contribution in [2.75, 3.05) is 20.1 Å². The minimum atomic E-state index is 0.0739. The zero-order valence-corrected chi connectivity index (χ0v) is 15.8. The number of aromatic amines is 1. The number of para-hydroxylation sites is 2. The van der Waals surface area contributed by atoms with Crippen LogP contribution in [0.15, 0.2) is 46.8 Å². The van der Waals surface area contributed by atoms with Gasteiger partial charge in [-0.05, 0) is 23.6 Å². The third kappa shape index (κ3) is 4.39. The summed E-state index contributed by atoms with van der Waals surface area (Å²) >= 11 is 1.79. The number of imidazole rings is 1. The van der Waals surface area contributed by atoms with E-state index in [4.69, 9.17) is 0 Å². The van der Waals surface area contributed by atoms with E-state index < -0.39 is 0 Å². The molecule has 3 aromatic rings. The lowest BCUT2D eigenvalue weighted by molar-refractivity contribution is 0.518. The van der Waals surface area contributed by atoms with Crippen LogP contribution in [0.2, 0.25) is 0 Å². The van der Waals surface area contributed by atoms with Crippen molar-refractivity contribution in [2.24, 2.45) is 4.99 Å². The predicted molar refractivity (Wildman–Crippen MR) is 107 cm³/mol. The first kappa shape index (κ1) is 17.5. The van der Waals surface area contributed by atoms with Crippen LogP contribution in [0.5, 0.6) is 0 Å². The Labute approximate surface area is 152 Å². The second-order valence-corrected chi connectivity index (χ2v) is 7.61. The number of nitrogens with one attached hydrogen (secondary N) is 3. The van der Waals surface area contributed by atoms with Crippen LogP contribution < -0.4 is 10.6 Å². The largest absolute Gasteiger partial charge is 0.356 e. The molecule has 25 heavy (non-hydrogen) atoms. The Kier molecular flexibility index (Phi) is 5.38. The number of benzene rings is 1. The zero-order valence-electron chi connectivity index (χ0n) is 15.0. The van der Waals surface area contributed by atoms with E-state index in [2.05, 4.69) is 57.0 Å². The Hall–Kier alpha value is -2.34. The summed E-state index contributed by atoms with van der Waals surface area (Å²) in [6.45, 7) is 6.10. The number of thiophene rings is 1. The molecule has 1 aromatic carbocycles. The molecule has 0 aliphatic carbocycles. The van der Waals surface area contributed by atoms with Crippen LogP contribution >= 0.6 is 11.3 Å². The molecule has 2 aromatic heterocycles. The van der Waals surface area contributed by atoms with E-state index in [0.29, 0.717) is 0 Å². The third-order valence-corrected chi connectivity index (χ3v) is 5.44. The van der Waals surface area contributed by atoms with Gasteiger partial charge in [0.1, 0.15) is 5.82 Å². The van der Waals surface area contributed by atoms with E-state index in [1.54, 1.807) is 18.4 Å². The molecule has 0 aliphatic heterocycles. The molecule has 0 spiro atoms. The van der Waals surface area contributed by atoms with E-state index in [1.165, 1.54) is 4.88 Å².